The zero-order valence-corrected chi connectivity index (χ0v) is 10.6. The molecule has 2 rings (SSSR count). The van der Waals surface area contributed by atoms with Crippen LogP contribution in [0.4, 0.5) is 10.1 Å². The maximum absolute atomic E-state index is 13.6. The molecular formula is C14H19FN2O. The number of benzene rings is 1. The maximum Gasteiger partial charge on any atom is 0.254 e. The van der Waals surface area contributed by atoms with Gasteiger partial charge in [0.25, 0.3) is 5.91 Å². The van der Waals surface area contributed by atoms with E-state index in [9.17, 15) is 9.18 Å². The Morgan fingerprint density at radius 2 is 2.11 bits per heavy atom. The average Bonchev–Trinajstić information content (AvgIpc) is 2.81. The third kappa shape index (κ3) is 2.81. The topological polar surface area (TPSA) is 55.1 Å². The third-order valence-electron chi connectivity index (χ3n) is 3.70. The minimum absolute atomic E-state index is 0.0639. The zero-order chi connectivity index (χ0) is 13.1. The fourth-order valence-electron chi connectivity index (χ4n) is 2.58. The van der Waals surface area contributed by atoms with Crippen molar-refractivity contribution in [2.24, 2.45) is 5.92 Å². The Bertz CT molecular complexity index is 441. The van der Waals surface area contributed by atoms with E-state index in [1.807, 2.05) is 6.92 Å². The predicted octanol–water partition coefficient (Wildman–Crippen LogP) is 2.72. The van der Waals surface area contributed by atoms with E-state index in [2.05, 4.69) is 5.32 Å². The van der Waals surface area contributed by atoms with E-state index in [1.54, 1.807) is 0 Å². The van der Waals surface area contributed by atoms with E-state index in [4.69, 9.17) is 5.73 Å². The lowest BCUT2D eigenvalue weighted by atomic mass is 9.99. The normalized spacial score (nSPS) is 17.7. The molecule has 18 heavy (non-hydrogen) atoms. The van der Waals surface area contributed by atoms with Gasteiger partial charge in [0.2, 0.25) is 0 Å². The lowest BCUT2D eigenvalue weighted by Gasteiger charge is -2.20. The monoisotopic (exact) mass is 250 g/mol. The minimum Gasteiger partial charge on any atom is -0.399 e. The molecule has 1 aromatic rings. The van der Waals surface area contributed by atoms with Gasteiger partial charge < -0.3 is 11.1 Å². The number of rotatable bonds is 3. The fourth-order valence-corrected chi connectivity index (χ4v) is 2.58. The summed E-state index contributed by atoms with van der Waals surface area (Å²) < 4.78 is 13.6. The largest absolute Gasteiger partial charge is 0.399 e. The summed E-state index contributed by atoms with van der Waals surface area (Å²) in [6.45, 7) is 1.99. The molecule has 0 spiro atoms. The number of nitrogens with two attached hydrogens (primary N) is 1. The molecule has 1 aliphatic carbocycles. The van der Waals surface area contributed by atoms with Crippen LogP contribution in [-0.2, 0) is 0 Å². The van der Waals surface area contributed by atoms with Crippen LogP contribution in [0.1, 0.15) is 43.0 Å². The van der Waals surface area contributed by atoms with Gasteiger partial charge in [-0.3, -0.25) is 4.79 Å². The van der Waals surface area contributed by atoms with Gasteiger partial charge in [0.1, 0.15) is 5.82 Å². The molecular weight excluding hydrogens is 231 g/mol. The van der Waals surface area contributed by atoms with E-state index in [-0.39, 0.29) is 17.5 Å². The highest BCUT2D eigenvalue weighted by molar-refractivity contribution is 5.95. The van der Waals surface area contributed by atoms with Gasteiger partial charge in [0.05, 0.1) is 5.56 Å². The van der Waals surface area contributed by atoms with Crippen LogP contribution >= 0.6 is 0 Å². The number of halogens is 1. The number of hydrogen-bond donors (Lipinski definition) is 2. The average molecular weight is 250 g/mol. The highest BCUT2D eigenvalue weighted by atomic mass is 19.1. The predicted molar refractivity (Wildman–Crippen MR) is 69.7 cm³/mol. The molecule has 1 fully saturated rings. The Labute approximate surface area is 107 Å². The molecule has 1 amide bonds. The van der Waals surface area contributed by atoms with Crippen molar-refractivity contribution in [3.8, 4) is 0 Å². The Balaban J connectivity index is 2.02. The van der Waals surface area contributed by atoms with Gasteiger partial charge in [-0.1, -0.05) is 12.8 Å². The SMILES string of the molecule is CC(NC(=O)c1ccc(N)cc1F)C1CCCC1. The first kappa shape index (κ1) is 12.9. The molecule has 3 nitrogen and oxygen atoms in total. The molecule has 98 valence electrons. The smallest absolute Gasteiger partial charge is 0.254 e. The molecule has 0 radical (unpaired) electrons. The molecule has 1 atom stereocenters. The van der Waals surface area contributed by atoms with Gasteiger partial charge >= 0.3 is 0 Å². The zero-order valence-electron chi connectivity index (χ0n) is 10.6. The summed E-state index contributed by atoms with van der Waals surface area (Å²) in [5.41, 5.74) is 5.85. The number of anilines is 1. The summed E-state index contributed by atoms with van der Waals surface area (Å²) in [5, 5.41) is 2.88. The van der Waals surface area contributed by atoms with Gasteiger partial charge in [0, 0.05) is 11.7 Å². The number of nitrogens with one attached hydrogen (secondary N) is 1. The number of carbonyl (C=O) groups is 1. The highest BCUT2D eigenvalue weighted by Crippen LogP contribution is 2.27. The second-order valence-corrected chi connectivity index (χ2v) is 5.05. The van der Waals surface area contributed by atoms with Crippen molar-refractivity contribution in [1.29, 1.82) is 0 Å². The first-order valence-electron chi connectivity index (χ1n) is 6.44. The van der Waals surface area contributed by atoms with Crippen LogP contribution in [0.15, 0.2) is 18.2 Å². The molecule has 1 aromatic carbocycles. The fraction of sp³-hybridized carbons (Fsp3) is 0.500. The van der Waals surface area contributed by atoms with Crippen molar-refractivity contribution in [2.75, 3.05) is 5.73 Å². The maximum atomic E-state index is 13.6. The number of hydrogen-bond acceptors (Lipinski definition) is 2. The van der Waals surface area contributed by atoms with Gasteiger partial charge in [-0.15, -0.1) is 0 Å². The van der Waals surface area contributed by atoms with E-state index in [0.717, 1.165) is 12.8 Å². The van der Waals surface area contributed by atoms with Crippen LogP contribution < -0.4 is 11.1 Å². The van der Waals surface area contributed by atoms with E-state index < -0.39 is 5.82 Å². The van der Waals surface area contributed by atoms with Crippen LogP contribution in [0.3, 0.4) is 0 Å². The molecule has 1 aliphatic rings. The third-order valence-corrected chi connectivity index (χ3v) is 3.70. The molecule has 3 N–H and O–H groups in total. The van der Waals surface area contributed by atoms with Gasteiger partial charge in [-0.25, -0.2) is 4.39 Å². The molecule has 0 aliphatic heterocycles. The minimum atomic E-state index is -0.564. The summed E-state index contributed by atoms with van der Waals surface area (Å²) in [4.78, 5) is 12.0. The lowest BCUT2D eigenvalue weighted by Crippen LogP contribution is -2.37. The number of amides is 1. The highest BCUT2D eigenvalue weighted by Gasteiger charge is 2.23. The van der Waals surface area contributed by atoms with Gasteiger partial charge in [0.15, 0.2) is 0 Å². The number of nitrogen functional groups attached to an aromatic ring is 1. The molecule has 0 aromatic heterocycles. The Hall–Kier alpha value is -1.58. The first-order valence-corrected chi connectivity index (χ1v) is 6.44. The Kier molecular flexibility index (Phi) is 3.84. The van der Waals surface area contributed by atoms with Crippen molar-refractivity contribution >= 4 is 11.6 Å². The van der Waals surface area contributed by atoms with Crippen molar-refractivity contribution in [2.45, 2.75) is 38.6 Å². The summed E-state index contributed by atoms with van der Waals surface area (Å²) in [6, 6.07) is 4.24. The first-order chi connectivity index (χ1) is 8.58. The van der Waals surface area contributed by atoms with Crippen LogP contribution in [0, 0.1) is 11.7 Å². The summed E-state index contributed by atoms with van der Waals surface area (Å²) >= 11 is 0. The van der Waals surface area contributed by atoms with E-state index >= 15 is 0 Å². The molecule has 1 unspecified atom stereocenters. The number of carbonyl (C=O) groups excluding carboxylic acids is 1. The molecule has 1 saturated carbocycles. The van der Waals surface area contributed by atoms with Crippen LogP contribution in [0.2, 0.25) is 0 Å². The van der Waals surface area contributed by atoms with Crippen LogP contribution in [-0.4, -0.2) is 11.9 Å². The standard InChI is InChI=1S/C14H19FN2O/c1-9(10-4-2-3-5-10)17-14(18)12-7-6-11(16)8-13(12)15/h6-10H,2-5,16H2,1H3,(H,17,18). The molecule has 0 saturated heterocycles. The van der Waals surface area contributed by atoms with E-state index in [1.165, 1.54) is 31.0 Å². The molecule has 0 bridgehead atoms. The lowest BCUT2D eigenvalue weighted by molar-refractivity contribution is 0.0923. The van der Waals surface area contributed by atoms with E-state index in [0.29, 0.717) is 11.6 Å². The second-order valence-electron chi connectivity index (χ2n) is 5.05. The quantitative estimate of drug-likeness (QED) is 0.810. The Morgan fingerprint density at radius 3 is 2.72 bits per heavy atom. The molecule has 4 heteroatoms. The molecule has 0 heterocycles. The van der Waals surface area contributed by atoms with Crippen LogP contribution in [0.25, 0.3) is 0 Å². The van der Waals surface area contributed by atoms with Crippen LogP contribution in [0.5, 0.6) is 0 Å². The summed E-state index contributed by atoms with van der Waals surface area (Å²) in [5.74, 6) is -0.399. The summed E-state index contributed by atoms with van der Waals surface area (Å²) in [7, 11) is 0. The van der Waals surface area contributed by atoms with Crippen molar-refractivity contribution < 1.29 is 9.18 Å². The van der Waals surface area contributed by atoms with Crippen molar-refractivity contribution in [3.05, 3.63) is 29.6 Å². The second kappa shape index (κ2) is 5.38. The van der Waals surface area contributed by atoms with Crippen molar-refractivity contribution in [1.82, 2.24) is 5.32 Å². The summed E-state index contributed by atoms with van der Waals surface area (Å²) in [6.07, 6.45) is 4.74. The van der Waals surface area contributed by atoms with Gasteiger partial charge in [-0.05, 0) is 43.9 Å². The van der Waals surface area contributed by atoms with Gasteiger partial charge in [-0.2, -0.15) is 0 Å². The Morgan fingerprint density at radius 1 is 1.44 bits per heavy atom. The van der Waals surface area contributed by atoms with Crippen molar-refractivity contribution in [3.63, 3.8) is 0 Å².